The zero-order valence-electron chi connectivity index (χ0n) is 10.8. The van der Waals surface area contributed by atoms with Crippen molar-refractivity contribution in [1.29, 1.82) is 0 Å². The summed E-state index contributed by atoms with van der Waals surface area (Å²) in [5.74, 6) is 0. The molecule has 2 rings (SSSR count). The van der Waals surface area contributed by atoms with Gasteiger partial charge in [0.15, 0.2) is 0 Å². The number of hydrogen-bond acceptors (Lipinski definition) is 1. The molecule has 94 valence electrons. The van der Waals surface area contributed by atoms with E-state index in [0.717, 1.165) is 19.4 Å². The van der Waals surface area contributed by atoms with Crippen molar-refractivity contribution in [3.8, 4) is 0 Å². The average Bonchev–Trinajstić information content (AvgIpc) is 2.76. The molecule has 0 aliphatic carbocycles. The first-order chi connectivity index (χ1) is 8.00. The van der Waals surface area contributed by atoms with E-state index >= 15 is 0 Å². The zero-order valence-corrected chi connectivity index (χ0v) is 11.7. The Balaban J connectivity index is 2.22. The van der Waals surface area contributed by atoms with Gasteiger partial charge in [-0.05, 0) is 39.2 Å². The highest BCUT2D eigenvalue weighted by Gasteiger charge is 2.35. The quantitative estimate of drug-likeness (QED) is 0.790. The monoisotopic (exact) mass is 251 g/mol. The van der Waals surface area contributed by atoms with Crippen LogP contribution in [-0.4, -0.2) is 19.8 Å². The summed E-state index contributed by atoms with van der Waals surface area (Å²) >= 11 is 0. The van der Waals surface area contributed by atoms with E-state index in [1.165, 1.54) is 5.56 Å². The molecule has 1 aliphatic heterocycles. The van der Waals surface area contributed by atoms with Crippen molar-refractivity contribution in [2.45, 2.75) is 44.4 Å². The molecule has 2 atom stereocenters. The van der Waals surface area contributed by atoms with Gasteiger partial charge in [-0.1, -0.05) is 30.3 Å². The SMILES string of the molecule is CC(C)(C)S(=O)N1CCC[C@H]1c1ccccc1. The highest BCUT2D eigenvalue weighted by atomic mass is 32.2. The minimum absolute atomic E-state index is 0.169. The second-order valence-corrected chi connectivity index (χ2v) is 7.76. The fourth-order valence-corrected chi connectivity index (χ4v) is 3.76. The third-order valence-electron chi connectivity index (χ3n) is 3.12. The van der Waals surface area contributed by atoms with Crippen molar-refractivity contribution in [2.24, 2.45) is 0 Å². The van der Waals surface area contributed by atoms with Gasteiger partial charge in [-0.2, -0.15) is 0 Å². The Morgan fingerprint density at radius 2 is 1.88 bits per heavy atom. The maximum absolute atomic E-state index is 12.5. The van der Waals surface area contributed by atoms with Crippen LogP contribution in [0.3, 0.4) is 0 Å². The van der Waals surface area contributed by atoms with Crippen molar-refractivity contribution in [3.63, 3.8) is 0 Å². The normalized spacial score (nSPS) is 23.8. The topological polar surface area (TPSA) is 20.3 Å². The lowest BCUT2D eigenvalue weighted by atomic mass is 10.1. The standard InChI is InChI=1S/C14H21NOS/c1-14(2,3)17(16)15-11-7-10-13(15)12-8-5-4-6-9-12/h4-6,8-9,13H,7,10-11H2,1-3H3/t13-,17?/m0/s1. The van der Waals surface area contributed by atoms with E-state index in [1.54, 1.807) is 0 Å². The highest BCUT2D eigenvalue weighted by Crippen LogP contribution is 2.35. The predicted octanol–water partition coefficient (Wildman–Crippen LogP) is 3.29. The summed E-state index contributed by atoms with van der Waals surface area (Å²) in [5.41, 5.74) is 1.29. The fourth-order valence-electron chi connectivity index (χ4n) is 2.30. The highest BCUT2D eigenvalue weighted by molar-refractivity contribution is 7.84. The third-order valence-corrected chi connectivity index (χ3v) is 5.04. The largest absolute Gasteiger partial charge is 0.242 e. The lowest BCUT2D eigenvalue weighted by molar-refractivity contribution is 0.416. The molecule has 0 N–H and O–H groups in total. The van der Waals surface area contributed by atoms with Crippen LogP contribution in [0.4, 0.5) is 0 Å². The summed E-state index contributed by atoms with van der Waals surface area (Å²) in [5, 5.41) is 0. The van der Waals surface area contributed by atoms with Crippen molar-refractivity contribution in [3.05, 3.63) is 35.9 Å². The summed E-state index contributed by atoms with van der Waals surface area (Å²) in [4.78, 5) is 0. The van der Waals surface area contributed by atoms with E-state index in [9.17, 15) is 4.21 Å². The van der Waals surface area contributed by atoms with Gasteiger partial charge in [0.25, 0.3) is 0 Å². The van der Waals surface area contributed by atoms with E-state index in [-0.39, 0.29) is 4.75 Å². The predicted molar refractivity (Wildman–Crippen MR) is 73.0 cm³/mol. The fraction of sp³-hybridized carbons (Fsp3) is 0.571. The lowest BCUT2D eigenvalue weighted by Crippen LogP contribution is -2.37. The molecule has 1 saturated heterocycles. The molecular formula is C14H21NOS. The molecule has 1 aromatic carbocycles. The third kappa shape index (κ3) is 2.78. The molecule has 0 aromatic heterocycles. The van der Waals surface area contributed by atoms with Crippen molar-refractivity contribution in [1.82, 2.24) is 4.31 Å². The van der Waals surface area contributed by atoms with Gasteiger partial charge < -0.3 is 0 Å². The second-order valence-electron chi connectivity index (χ2n) is 5.57. The molecule has 1 heterocycles. The van der Waals surface area contributed by atoms with Crippen LogP contribution in [0.2, 0.25) is 0 Å². The molecule has 0 saturated carbocycles. The summed E-state index contributed by atoms with van der Waals surface area (Å²) in [6.07, 6.45) is 2.26. The molecule has 0 spiro atoms. The maximum atomic E-state index is 12.5. The summed E-state index contributed by atoms with van der Waals surface area (Å²) < 4.78 is 14.5. The Labute approximate surface area is 107 Å². The first-order valence-electron chi connectivity index (χ1n) is 6.24. The summed E-state index contributed by atoms with van der Waals surface area (Å²) in [7, 11) is -0.910. The molecule has 1 fully saturated rings. The van der Waals surface area contributed by atoms with E-state index in [1.807, 2.05) is 26.8 Å². The molecule has 0 radical (unpaired) electrons. The van der Waals surface area contributed by atoms with Crippen LogP contribution in [-0.2, 0) is 11.0 Å². The van der Waals surface area contributed by atoms with Gasteiger partial charge in [-0.3, -0.25) is 0 Å². The van der Waals surface area contributed by atoms with E-state index < -0.39 is 11.0 Å². The van der Waals surface area contributed by atoms with Crippen molar-refractivity contribution >= 4 is 11.0 Å². The van der Waals surface area contributed by atoms with Gasteiger partial charge >= 0.3 is 0 Å². The van der Waals surface area contributed by atoms with E-state index in [2.05, 4.69) is 28.6 Å². The van der Waals surface area contributed by atoms with Gasteiger partial charge in [0.1, 0.15) is 11.0 Å². The van der Waals surface area contributed by atoms with Gasteiger partial charge in [-0.15, -0.1) is 0 Å². The van der Waals surface area contributed by atoms with Crippen LogP contribution in [0.15, 0.2) is 30.3 Å². The van der Waals surface area contributed by atoms with Crippen molar-refractivity contribution < 1.29 is 4.21 Å². The Morgan fingerprint density at radius 1 is 1.24 bits per heavy atom. The van der Waals surface area contributed by atoms with Crippen LogP contribution < -0.4 is 0 Å². The molecule has 1 aliphatic rings. The smallest absolute Gasteiger partial charge is 0.100 e. The van der Waals surface area contributed by atoms with Gasteiger partial charge in [0, 0.05) is 12.6 Å². The number of hydrogen-bond donors (Lipinski definition) is 0. The van der Waals surface area contributed by atoms with Crippen LogP contribution in [0.25, 0.3) is 0 Å². The van der Waals surface area contributed by atoms with Crippen LogP contribution >= 0.6 is 0 Å². The number of nitrogens with zero attached hydrogens (tertiary/aromatic N) is 1. The summed E-state index contributed by atoms with van der Waals surface area (Å²) in [6, 6.07) is 10.8. The molecular weight excluding hydrogens is 230 g/mol. The Hall–Kier alpha value is -0.670. The lowest BCUT2D eigenvalue weighted by Gasteiger charge is -2.30. The molecule has 1 aromatic rings. The van der Waals surface area contributed by atoms with Crippen molar-refractivity contribution in [2.75, 3.05) is 6.54 Å². The van der Waals surface area contributed by atoms with Crippen LogP contribution in [0.1, 0.15) is 45.2 Å². The minimum atomic E-state index is -0.910. The Bertz CT molecular complexity index is 396. The molecule has 17 heavy (non-hydrogen) atoms. The first-order valence-corrected chi connectivity index (χ1v) is 7.34. The zero-order chi connectivity index (χ0) is 12.5. The summed E-state index contributed by atoms with van der Waals surface area (Å²) in [6.45, 7) is 7.08. The molecule has 0 amide bonds. The average molecular weight is 251 g/mol. The second kappa shape index (κ2) is 4.91. The van der Waals surface area contributed by atoms with Gasteiger partial charge in [0.2, 0.25) is 0 Å². The molecule has 2 nitrogen and oxygen atoms in total. The number of rotatable bonds is 2. The van der Waals surface area contributed by atoms with Crippen LogP contribution in [0.5, 0.6) is 0 Å². The maximum Gasteiger partial charge on any atom is 0.100 e. The van der Waals surface area contributed by atoms with Gasteiger partial charge in [-0.25, -0.2) is 8.51 Å². The first kappa shape index (κ1) is 12.8. The van der Waals surface area contributed by atoms with E-state index in [4.69, 9.17) is 0 Å². The molecule has 1 unspecified atom stereocenters. The number of benzene rings is 1. The molecule has 0 bridgehead atoms. The minimum Gasteiger partial charge on any atom is -0.242 e. The van der Waals surface area contributed by atoms with E-state index in [0.29, 0.717) is 6.04 Å². The van der Waals surface area contributed by atoms with Crippen LogP contribution in [0, 0.1) is 0 Å². The Morgan fingerprint density at radius 3 is 2.47 bits per heavy atom. The van der Waals surface area contributed by atoms with Gasteiger partial charge in [0.05, 0.1) is 4.75 Å². The molecule has 3 heteroatoms. The Kier molecular flexibility index (Phi) is 3.69.